The molecule has 0 aliphatic carbocycles. The molecule has 0 atom stereocenters. The van der Waals surface area contributed by atoms with Gasteiger partial charge in [-0.25, -0.2) is 28.7 Å². The minimum Gasteiger partial charge on any atom is -0.423 e. The quantitative estimate of drug-likeness (QED) is 0.0775. The number of hydrogen-bond acceptors (Lipinski definition) is 10. The highest BCUT2D eigenvalue weighted by Crippen LogP contribution is 2.43. The summed E-state index contributed by atoms with van der Waals surface area (Å²) in [5.41, 5.74) is 18.8. The largest absolute Gasteiger partial charge is 0.491 e. The SMILES string of the molecule is Cc1cccc(C)c1Nc1ccccc1-c1cc(-n2c3ccccc3c3ccccc32)cc(-c2nc(-c3ccccc3)nc(-c3ccccc3)n2)c1F.Cc1cccc(C)c1Nc1ccccc1-c1cc(-n2c3ccccc3c3ccccc32)cc(B(O)O)c1F.Clc1nc(-c2ccccc2)nc(-c2ccccc2)n1. The van der Waals surface area contributed by atoms with E-state index in [1.165, 1.54) is 6.07 Å². The second-order valence-corrected chi connectivity index (χ2v) is 27.1. The first-order chi connectivity index (χ1) is 53.8. The van der Waals surface area contributed by atoms with E-state index in [0.29, 0.717) is 40.1 Å². The second kappa shape index (κ2) is 31.1. The van der Waals surface area contributed by atoms with E-state index in [1.54, 1.807) is 6.07 Å². The highest BCUT2D eigenvalue weighted by atomic mass is 35.5. The van der Waals surface area contributed by atoms with Crippen LogP contribution in [0.15, 0.2) is 328 Å². The fraction of sp³-hybridized carbons (Fsp3) is 0.0426. The zero-order valence-corrected chi connectivity index (χ0v) is 61.1. The minimum atomic E-state index is -1.97. The molecule has 4 N–H and O–H groups in total. The standard InChI is InChI=1S/C47H34FN5.C32H26BFN2O2.C15H10ClN3/c1-30-16-15-17-31(2)44(30)49-40-25-12-9-22-35(40)38-28-34(53-41-26-13-10-23-36(41)37-24-11-14-27-42(37)53)29-39(43(38)48)47-51-45(32-18-5-3-6-19-32)50-46(52-47)33-20-7-4-8-21-33;1-20-10-9-11-21(2)32(20)35-28-15-6-3-12-23(28)26-18-22(19-27(31(26)34)33(37)38)36-29-16-7-4-13-24(29)25-14-5-8-17-30(25)36;16-15-18-13(11-7-3-1-4-8-11)17-14(19-15)12-9-5-2-6-10-12/h3-29,49H,1-2H3;3-19,35,37-38H,1-2H3;1-10H. The zero-order valence-electron chi connectivity index (χ0n) is 60.4. The number of hydrogen-bond donors (Lipinski definition) is 4. The average Bonchev–Trinajstić information content (AvgIpc) is 1.56. The minimum absolute atomic E-state index is 0.179. The number of para-hydroxylation sites is 8. The van der Waals surface area contributed by atoms with Crippen molar-refractivity contribution >= 4 is 90.5 Å². The maximum atomic E-state index is 17.7. The Morgan fingerprint density at radius 3 is 0.955 bits per heavy atom. The van der Waals surface area contributed by atoms with Crippen LogP contribution in [0.2, 0.25) is 5.28 Å². The molecule has 0 amide bonds. The lowest BCUT2D eigenvalue weighted by atomic mass is 9.77. The predicted octanol–water partition coefficient (Wildman–Crippen LogP) is 22.6. The van der Waals surface area contributed by atoms with E-state index in [2.05, 4.69) is 105 Å². The Morgan fingerprint density at radius 2 is 0.591 bits per heavy atom. The summed E-state index contributed by atoms with van der Waals surface area (Å²) in [6.07, 6.45) is 0. The highest BCUT2D eigenvalue weighted by Gasteiger charge is 2.27. The Bertz CT molecular complexity index is 6180. The molecule has 16 heteroatoms. The van der Waals surface area contributed by atoms with Crippen LogP contribution in [0.4, 0.5) is 31.5 Å². The molecule has 18 aromatic rings. The van der Waals surface area contributed by atoms with Crippen molar-refractivity contribution in [3.05, 3.63) is 367 Å². The Kier molecular flexibility index (Phi) is 20.0. The molecule has 0 aliphatic heterocycles. The molecule has 0 saturated carbocycles. The molecule has 0 saturated heterocycles. The first-order valence-corrected chi connectivity index (χ1v) is 36.4. The molecule has 0 aliphatic rings. The summed E-state index contributed by atoms with van der Waals surface area (Å²) in [5, 5.41) is 32.1. The van der Waals surface area contributed by atoms with Gasteiger partial charge in [0.1, 0.15) is 11.6 Å². The van der Waals surface area contributed by atoms with Gasteiger partial charge in [0.25, 0.3) is 0 Å². The molecule has 12 nitrogen and oxygen atoms in total. The summed E-state index contributed by atoms with van der Waals surface area (Å²) >= 11 is 5.99. The number of nitrogens with one attached hydrogen (secondary N) is 2. The summed E-state index contributed by atoms with van der Waals surface area (Å²) in [6.45, 7) is 8.22. The number of aromatic nitrogens is 8. The van der Waals surface area contributed by atoms with Crippen molar-refractivity contribution < 1.29 is 18.8 Å². The monoisotopic (exact) mass is 1450 g/mol. The maximum Gasteiger partial charge on any atom is 0.491 e. The van der Waals surface area contributed by atoms with Gasteiger partial charge >= 0.3 is 7.12 Å². The predicted molar refractivity (Wildman–Crippen MR) is 446 cm³/mol. The van der Waals surface area contributed by atoms with E-state index in [4.69, 9.17) is 26.6 Å². The highest BCUT2D eigenvalue weighted by molar-refractivity contribution is 6.59. The van der Waals surface area contributed by atoms with E-state index in [0.717, 1.165) is 122 Å². The van der Waals surface area contributed by atoms with Crippen LogP contribution < -0.4 is 16.1 Å². The summed E-state index contributed by atoms with van der Waals surface area (Å²) in [7, 11) is -1.97. The Labute approximate surface area is 640 Å². The van der Waals surface area contributed by atoms with Crippen molar-refractivity contribution in [2.24, 2.45) is 0 Å². The Morgan fingerprint density at radius 1 is 0.300 bits per heavy atom. The molecule has 0 bridgehead atoms. The number of rotatable bonds is 14. The number of nitrogens with zero attached hydrogens (tertiary/aromatic N) is 8. The van der Waals surface area contributed by atoms with Gasteiger partial charge in [-0.3, -0.25) is 0 Å². The van der Waals surface area contributed by atoms with Crippen LogP contribution in [0.25, 0.3) is 134 Å². The van der Waals surface area contributed by atoms with Gasteiger partial charge in [-0.1, -0.05) is 267 Å². The van der Waals surface area contributed by atoms with Gasteiger partial charge in [0.2, 0.25) is 5.28 Å². The maximum absolute atomic E-state index is 17.7. The van der Waals surface area contributed by atoms with Crippen molar-refractivity contribution in [2.75, 3.05) is 10.6 Å². The molecule has 0 spiro atoms. The third kappa shape index (κ3) is 14.3. The van der Waals surface area contributed by atoms with Crippen LogP contribution >= 0.6 is 11.6 Å². The fourth-order valence-electron chi connectivity index (χ4n) is 14.3. The lowest BCUT2D eigenvalue weighted by Crippen LogP contribution is -2.33. The summed E-state index contributed by atoms with van der Waals surface area (Å²) in [5.74, 6) is 1.26. The van der Waals surface area contributed by atoms with E-state index in [9.17, 15) is 10.0 Å². The first kappa shape index (κ1) is 70.7. The van der Waals surface area contributed by atoms with Crippen molar-refractivity contribution in [3.8, 4) is 90.6 Å². The topological polar surface area (TPSA) is 152 Å². The van der Waals surface area contributed by atoms with Gasteiger partial charge in [-0.2, -0.15) is 9.97 Å². The van der Waals surface area contributed by atoms with Crippen LogP contribution in [-0.4, -0.2) is 56.2 Å². The van der Waals surface area contributed by atoms with Gasteiger partial charge in [-0.15, -0.1) is 0 Å². The molecule has 0 unspecified atom stereocenters. The van der Waals surface area contributed by atoms with Crippen LogP contribution in [-0.2, 0) is 0 Å². The van der Waals surface area contributed by atoms with Crippen molar-refractivity contribution in [2.45, 2.75) is 27.7 Å². The molecule has 0 radical (unpaired) electrons. The van der Waals surface area contributed by atoms with E-state index < -0.39 is 18.8 Å². The molecule has 0 fully saturated rings. The third-order valence-corrected chi connectivity index (χ3v) is 19.8. The number of anilines is 4. The lowest BCUT2D eigenvalue weighted by molar-refractivity contribution is 0.423. The molecular formula is C94H70BClF2N10O2. The number of halogens is 3. The molecular weight excluding hydrogens is 1390 g/mol. The van der Waals surface area contributed by atoms with Gasteiger partial charge in [0.05, 0.1) is 27.6 Å². The Hall–Kier alpha value is -13.6. The molecule has 18 rings (SSSR count). The summed E-state index contributed by atoms with van der Waals surface area (Å²) < 4.78 is 37.9. The van der Waals surface area contributed by atoms with Gasteiger partial charge < -0.3 is 29.8 Å². The van der Waals surface area contributed by atoms with Gasteiger partial charge in [0, 0.05) is 106 Å². The number of aryl methyl sites for hydroxylation is 4. The summed E-state index contributed by atoms with van der Waals surface area (Å²) in [4.78, 5) is 27.6. The zero-order chi connectivity index (χ0) is 75.4. The molecule has 14 aromatic carbocycles. The van der Waals surface area contributed by atoms with Crippen LogP contribution in [0.3, 0.4) is 0 Å². The molecule has 532 valence electrons. The fourth-order valence-corrected chi connectivity index (χ4v) is 14.5. The first-order valence-electron chi connectivity index (χ1n) is 36.1. The lowest BCUT2D eigenvalue weighted by Gasteiger charge is -2.19. The van der Waals surface area contributed by atoms with E-state index in [-0.39, 0.29) is 27.7 Å². The smallest absolute Gasteiger partial charge is 0.423 e. The normalized spacial score (nSPS) is 11.1. The third-order valence-electron chi connectivity index (χ3n) is 19.6. The van der Waals surface area contributed by atoms with Crippen LogP contribution in [0.1, 0.15) is 22.3 Å². The summed E-state index contributed by atoms with van der Waals surface area (Å²) in [6, 6.07) is 106. The van der Waals surface area contributed by atoms with Crippen LogP contribution in [0, 0.1) is 39.3 Å². The molecule has 4 aromatic heterocycles. The van der Waals surface area contributed by atoms with Crippen LogP contribution in [0.5, 0.6) is 0 Å². The van der Waals surface area contributed by atoms with Crippen molar-refractivity contribution in [1.29, 1.82) is 0 Å². The molecule has 110 heavy (non-hydrogen) atoms. The van der Waals surface area contributed by atoms with Crippen molar-refractivity contribution in [1.82, 2.24) is 39.0 Å². The number of benzene rings is 14. The second-order valence-electron chi connectivity index (χ2n) is 26.8. The average molecular weight is 1460 g/mol. The van der Waals surface area contributed by atoms with Gasteiger partial charge in [0.15, 0.2) is 29.1 Å². The van der Waals surface area contributed by atoms with Gasteiger partial charge in [-0.05, 0) is 122 Å². The van der Waals surface area contributed by atoms with E-state index >= 15 is 8.78 Å². The Balaban J connectivity index is 0.000000140. The molecule has 4 heterocycles. The van der Waals surface area contributed by atoms with E-state index in [1.807, 2.05) is 273 Å². The van der Waals surface area contributed by atoms with Crippen molar-refractivity contribution in [3.63, 3.8) is 0 Å². The number of fused-ring (bicyclic) bond motifs is 6.